The molecule has 1 rings (SSSR count). The molecule has 0 aromatic carbocycles. The molecule has 2 N–H and O–H groups in total. The predicted molar refractivity (Wildman–Crippen MR) is 70.6 cm³/mol. The molecular formula is C12H20N4O3. The molecule has 7 heteroatoms. The summed E-state index contributed by atoms with van der Waals surface area (Å²) in [4.78, 5) is 24.9. The highest BCUT2D eigenvalue weighted by Crippen LogP contribution is 2.17. The van der Waals surface area contributed by atoms with Crippen LogP contribution in [-0.2, 0) is 16.1 Å². The Morgan fingerprint density at radius 3 is 2.58 bits per heavy atom. The van der Waals surface area contributed by atoms with Gasteiger partial charge in [-0.1, -0.05) is 0 Å². The number of rotatable bonds is 5. The Kier molecular flexibility index (Phi) is 4.91. The van der Waals surface area contributed by atoms with Crippen LogP contribution in [0.5, 0.6) is 0 Å². The molecule has 0 bridgehead atoms. The van der Waals surface area contributed by atoms with Gasteiger partial charge in [-0.25, -0.2) is 0 Å². The Morgan fingerprint density at radius 2 is 2.05 bits per heavy atom. The monoisotopic (exact) mass is 268 g/mol. The molecular weight excluding hydrogens is 248 g/mol. The maximum atomic E-state index is 12.3. The van der Waals surface area contributed by atoms with Crippen LogP contribution in [0.25, 0.3) is 0 Å². The van der Waals surface area contributed by atoms with Gasteiger partial charge >= 0.3 is 5.97 Å². The lowest BCUT2D eigenvalue weighted by Crippen LogP contribution is -2.34. The van der Waals surface area contributed by atoms with Crippen molar-refractivity contribution in [3.05, 3.63) is 11.4 Å². The third kappa shape index (κ3) is 3.24. The molecule has 0 spiro atoms. The van der Waals surface area contributed by atoms with E-state index in [-0.39, 0.29) is 19.1 Å². The largest absolute Gasteiger partial charge is 0.465 e. The van der Waals surface area contributed by atoms with E-state index in [2.05, 4.69) is 5.10 Å². The summed E-state index contributed by atoms with van der Waals surface area (Å²) in [6, 6.07) is 0. The van der Waals surface area contributed by atoms with Gasteiger partial charge in [-0.3, -0.25) is 14.3 Å². The standard InChI is InChI=1S/C12H20N4O3/c1-5-16-11(10(13)8(3)14-16)12(18)15(4)7-9(17)19-6-2/h5-7,13H2,1-4H3. The number of anilines is 1. The molecule has 0 saturated heterocycles. The number of likely N-dealkylation sites (N-methyl/N-ethyl adjacent to an activating group) is 1. The van der Waals surface area contributed by atoms with Gasteiger partial charge in [-0.2, -0.15) is 5.10 Å². The van der Waals surface area contributed by atoms with Crippen LogP contribution < -0.4 is 5.73 Å². The first-order valence-corrected chi connectivity index (χ1v) is 6.16. The molecule has 1 aromatic heterocycles. The summed E-state index contributed by atoms with van der Waals surface area (Å²) in [5.74, 6) is -0.788. The molecule has 0 atom stereocenters. The summed E-state index contributed by atoms with van der Waals surface area (Å²) in [5, 5.41) is 4.18. The van der Waals surface area contributed by atoms with Crippen LogP contribution in [0, 0.1) is 6.92 Å². The summed E-state index contributed by atoms with van der Waals surface area (Å²) in [7, 11) is 1.53. The van der Waals surface area contributed by atoms with E-state index in [0.29, 0.717) is 23.6 Å². The van der Waals surface area contributed by atoms with Crippen molar-refractivity contribution in [3.63, 3.8) is 0 Å². The van der Waals surface area contributed by atoms with Gasteiger partial charge in [-0.15, -0.1) is 0 Å². The highest BCUT2D eigenvalue weighted by molar-refractivity contribution is 5.99. The fraction of sp³-hybridized carbons (Fsp3) is 0.583. The van der Waals surface area contributed by atoms with Crippen LogP contribution in [0.2, 0.25) is 0 Å². The number of amides is 1. The minimum atomic E-state index is -0.448. The number of hydrogen-bond donors (Lipinski definition) is 1. The second-order valence-electron chi connectivity index (χ2n) is 4.13. The normalized spacial score (nSPS) is 10.3. The van der Waals surface area contributed by atoms with Crippen LogP contribution in [-0.4, -0.2) is 46.8 Å². The average molecular weight is 268 g/mol. The smallest absolute Gasteiger partial charge is 0.325 e. The molecule has 0 aliphatic heterocycles. The van der Waals surface area contributed by atoms with Gasteiger partial charge in [0.05, 0.1) is 18.0 Å². The van der Waals surface area contributed by atoms with Crippen molar-refractivity contribution in [3.8, 4) is 0 Å². The predicted octanol–water partition coefficient (Wildman–Crippen LogP) is 0.429. The van der Waals surface area contributed by atoms with Crippen molar-refractivity contribution in [1.29, 1.82) is 0 Å². The second kappa shape index (κ2) is 6.21. The second-order valence-corrected chi connectivity index (χ2v) is 4.13. The zero-order valence-corrected chi connectivity index (χ0v) is 11.8. The maximum absolute atomic E-state index is 12.3. The van der Waals surface area contributed by atoms with Gasteiger partial charge in [0, 0.05) is 13.6 Å². The summed E-state index contributed by atoms with van der Waals surface area (Å²) in [6.45, 7) is 6.03. The minimum Gasteiger partial charge on any atom is -0.465 e. The summed E-state index contributed by atoms with van der Waals surface area (Å²) in [5.41, 5.74) is 7.13. The molecule has 0 radical (unpaired) electrons. The van der Waals surface area contributed by atoms with Crippen LogP contribution in [0.1, 0.15) is 30.0 Å². The number of ether oxygens (including phenoxy) is 1. The van der Waals surface area contributed by atoms with E-state index in [9.17, 15) is 9.59 Å². The first-order chi connectivity index (χ1) is 8.92. The molecule has 0 unspecified atom stereocenters. The van der Waals surface area contributed by atoms with Crippen molar-refractivity contribution in [2.45, 2.75) is 27.3 Å². The Hall–Kier alpha value is -2.05. The number of carbonyl (C=O) groups excluding carboxylic acids is 2. The average Bonchev–Trinajstić information content (AvgIpc) is 2.64. The number of nitrogen functional groups attached to an aromatic ring is 1. The lowest BCUT2D eigenvalue weighted by atomic mass is 10.2. The van der Waals surface area contributed by atoms with Crippen molar-refractivity contribution in [2.24, 2.45) is 0 Å². The Bertz CT molecular complexity index is 482. The van der Waals surface area contributed by atoms with Gasteiger partial charge in [0.1, 0.15) is 12.2 Å². The molecule has 0 fully saturated rings. The van der Waals surface area contributed by atoms with Crippen molar-refractivity contribution in [1.82, 2.24) is 14.7 Å². The van der Waals surface area contributed by atoms with Gasteiger partial charge in [-0.05, 0) is 20.8 Å². The van der Waals surface area contributed by atoms with Crippen molar-refractivity contribution in [2.75, 3.05) is 25.9 Å². The SMILES string of the molecule is CCOC(=O)CN(C)C(=O)c1c(N)c(C)nn1CC. The van der Waals surface area contributed by atoms with Crippen molar-refractivity contribution >= 4 is 17.6 Å². The Labute approximate surface area is 112 Å². The number of aromatic nitrogens is 2. The van der Waals surface area contributed by atoms with Crippen LogP contribution in [0.4, 0.5) is 5.69 Å². The third-order valence-electron chi connectivity index (χ3n) is 2.69. The molecule has 19 heavy (non-hydrogen) atoms. The van der Waals surface area contributed by atoms with E-state index in [1.165, 1.54) is 16.6 Å². The van der Waals surface area contributed by atoms with Crippen LogP contribution >= 0.6 is 0 Å². The van der Waals surface area contributed by atoms with E-state index in [0.717, 1.165) is 0 Å². The fourth-order valence-corrected chi connectivity index (χ4v) is 1.70. The molecule has 0 aliphatic rings. The maximum Gasteiger partial charge on any atom is 0.325 e. The number of nitrogens with zero attached hydrogens (tertiary/aromatic N) is 3. The highest BCUT2D eigenvalue weighted by Gasteiger charge is 2.23. The molecule has 7 nitrogen and oxygen atoms in total. The molecule has 1 amide bonds. The quantitative estimate of drug-likeness (QED) is 0.782. The lowest BCUT2D eigenvalue weighted by Gasteiger charge is -2.17. The first-order valence-electron chi connectivity index (χ1n) is 6.16. The third-order valence-corrected chi connectivity index (χ3v) is 2.69. The molecule has 1 heterocycles. The summed E-state index contributed by atoms with van der Waals surface area (Å²) in [6.07, 6.45) is 0. The fourth-order valence-electron chi connectivity index (χ4n) is 1.70. The van der Waals surface area contributed by atoms with E-state index in [4.69, 9.17) is 10.5 Å². The molecule has 0 aliphatic carbocycles. The zero-order chi connectivity index (χ0) is 14.6. The first kappa shape index (κ1) is 15.0. The summed E-state index contributed by atoms with van der Waals surface area (Å²) >= 11 is 0. The number of nitrogens with two attached hydrogens (primary N) is 1. The van der Waals surface area contributed by atoms with Gasteiger partial charge in [0.15, 0.2) is 0 Å². The van der Waals surface area contributed by atoms with Crippen LogP contribution in [0.15, 0.2) is 0 Å². The van der Waals surface area contributed by atoms with E-state index < -0.39 is 5.97 Å². The number of hydrogen-bond acceptors (Lipinski definition) is 5. The Morgan fingerprint density at radius 1 is 1.42 bits per heavy atom. The van der Waals surface area contributed by atoms with Crippen LogP contribution in [0.3, 0.4) is 0 Å². The number of aryl methyl sites for hydroxylation is 2. The van der Waals surface area contributed by atoms with Gasteiger partial charge in [0.2, 0.25) is 0 Å². The molecule has 106 valence electrons. The van der Waals surface area contributed by atoms with E-state index in [1.54, 1.807) is 13.8 Å². The van der Waals surface area contributed by atoms with Gasteiger partial charge < -0.3 is 15.4 Å². The highest BCUT2D eigenvalue weighted by atomic mass is 16.5. The van der Waals surface area contributed by atoms with E-state index in [1.807, 2.05) is 6.92 Å². The zero-order valence-electron chi connectivity index (χ0n) is 11.8. The molecule has 1 aromatic rings. The minimum absolute atomic E-state index is 0.111. The van der Waals surface area contributed by atoms with Crippen molar-refractivity contribution < 1.29 is 14.3 Å². The number of carbonyl (C=O) groups is 2. The van der Waals surface area contributed by atoms with Gasteiger partial charge in [0.25, 0.3) is 5.91 Å². The summed E-state index contributed by atoms with van der Waals surface area (Å²) < 4.78 is 6.34. The topological polar surface area (TPSA) is 90.4 Å². The molecule has 0 saturated carbocycles. The number of esters is 1. The van der Waals surface area contributed by atoms with E-state index >= 15 is 0 Å². The Balaban J connectivity index is 2.91. The lowest BCUT2D eigenvalue weighted by molar-refractivity contribution is -0.143.